The zero-order valence-electron chi connectivity index (χ0n) is 17.4. The fraction of sp³-hybridized carbons (Fsp3) is 0. The molecule has 0 unspecified atom stereocenters. The van der Waals surface area contributed by atoms with Crippen molar-refractivity contribution in [3.8, 4) is 22.4 Å². The second-order valence-electron chi connectivity index (χ2n) is 7.60. The average Bonchev–Trinajstić information content (AvgIpc) is 2.84. The molecule has 160 valence electrons. The Hall–Kier alpha value is -3.66. The van der Waals surface area contributed by atoms with Crippen molar-refractivity contribution in [1.82, 2.24) is 4.98 Å². The minimum atomic E-state index is -0.260. The SMILES string of the molecule is O=C(Nc1cccc(-c2cc(-c3ccccc3)c3cc(Cl)ccc3n2)c1)c1ccccc1Cl. The first-order chi connectivity index (χ1) is 16.1. The predicted octanol–water partition coefficient (Wildman–Crippen LogP) is 8.13. The fourth-order valence-corrected chi connectivity index (χ4v) is 4.20. The summed E-state index contributed by atoms with van der Waals surface area (Å²) in [6.45, 7) is 0. The van der Waals surface area contributed by atoms with Gasteiger partial charge in [0.05, 0.1) is 21.8 Å². The van der Waals surface area contributed by atoms with E-state index in [0.717, 1.165) is 33.3 Å². The molecular weight excluding hydrogens is 451 g/mol. The van der Waals surface area contributed by atoms with Gasteiger partial charge < -0.3 is 5.32 Å². The summed E-state index contributed by atoms with van der Waals surface area (Å²) in [6, 6.07) is 32.5. The molecule has 4 aromatic carbocycles. The van der Waals surface area contributed by atoms with Crippen molar-refractivity contribution in [2.45, 2.75) is 0 Å². The lowest BCUT2D eigenvalue weighted by molar-refractivity contribution is 0.102. The lowest BCUT2D eigenvalue weighted by Crippen LogP contribution is -2.12. The van der Waals surface area contributed by atoms with Crippen LogP contribution in [0.15, 0.2) is 103 Å². The van der Waals surface area contributed by atoms with Crippen LogP contribution in [0.1, 0.15) is 10.4 Å². The number of aromatic nitrogens is 1. The maximum Gasteiger partial charge on any atom is 0.257 e. The summed E-state index contributed by atoms with van der Waals surface area (Å²) in [5.41, 5.74) is 5.76. The van der Waals surface area contributed by atoms with E-state index in [1.54, 1.807) is 24.3 Å². The minimum absolute atomic E-state index is 0.260. The molecule has 5 rings (SSSR count). The van der Waals surface area contributed by atoms with Crippen molar-refractivity contribution in [2.75, 3.05) is 5.32 Å². The summed E-state index contributed by atoms with van der Waals surface area (Å²) < 4.78 is 0. The number of pyridine rings is 1. The zero-order valence-corrected chi connectivity index (χ0v) is 18.9. The molecule has 5 heteroatoms. The Kier molecular flexibility index (Phi) is 5.82. The number of carbonyl (C=O) groups excluding carboxylic acids is 1. The molecule has 0 radical (unpaired) electrons. The molecule has 1 N–H and O–H groups in total. The molecule has 3 nitrogen and oxygen atoms in total. The molecule has 0 saturated carbocycles. The molecule has 0 aliphatic rings. The second-order valence-corrected chi connectivity index (χ2v) is 8.44. The standard InChI is InChI=1S/C28H18Cl2N2O/c29-20-13-14-26-24(16-20)23(18-7-2-1-3-8-18)17-27(32-26)19-9-6-10-21(15-19)31-28(33)22-11-4-5-12-25(22)30/h1-17H,(H,31,33). The number of halogens is 2. The van der Waals surface area contributed by atoms with Crippen molar-refractivity contribution in [3.63, 3.8) is 0 Å². The molecule has 0 bridgehead atoms. The Balaban J connectivity index is 1.57. The highest BCUT2D eigenvalue weighted by molar-refractivity contribution is 6.34. The Morgan fingerprint density at radius 3 is 2.30 bits per heavy atom. The highest BCUT2D eigenvalue weighted by atomic mass is 35.5. The van der Waals surface area contributed by atoms with Gasteiger partial charge in [-0.2, -0.15) is 0 Å². The van der Waals surface area contributed by atoms with Crippen LogP contribution in [0.4, 0.5) is 5.69 Å². The summed E-state index contributed by atoms with van der Waals surface area (Å²) in [6.07, 6.45) is 0. The zero-order chi connectivity index (χ0) is 22.8. The van der Waals surface area contributed by atoms with Crippen molar-refractivity contribution in [2.24, 2.45) is 0 Å². The van der Waals surface area contributed by atoms with Gasteiger partial charge in [-0.05, 0) is 59.7 Å². The molecule has 0 atom stereocenters. The first-order valence-electron chi connectivity index (χ1n) is 10.4. The van der Waals surface area contributed by atoms with Gasteiger partial charge in [-0.15, -0.1) is 0 Å². The van der Waals surface area contributed by atoms with E-state index in [1.165, 1.54) is 0 Å². The smallest absolute Gasteiger partial charge is 0.257 e. The molecule has 5 aromatic rings. The average molecular weight is 469 g/mol. The summed E-state index contributed by atoms with van der Waals surface area (Å²) in [5, 5.41) is 4.99. The van der Waals surface area contributed by atoms with Gasteiger partial charge in [0.2, 0.25) is 0 Å². The monoisotopic (exact) mass is 468 g/mol. The van der Waals surface area contributed by atoms with Crippen LogP contribution < -0.4 is 5.32 Å². The number of anilines is 1. The number of carbonyl (C=O) groups is 1. The maximum absolute atomic E-state index is 12.7. The van der Waals surface area contributed by atoms with E-state index in [2.05, 4.69) is 23.5 Å². The van der Waals surface area contributed by atoms with Crippen LogP contribution in [-0.4, -0.2) is 10.9 Å². The molecule has 1 heterocycles. The number of hydrogen-bond donors (Lipinski definition) is 1. The van der Waals surface area contributed by atoms with E-state index in [-0.39, 0.29) is 5.91 Å². The molecule has 33 heavy (non-hydrogen) atoms. The molecule has 0 saturated heterocycles. The van der Waals surface area contributed by atoms with E-state index in [0.29, 0.717) is 21.3 Å². The quantitative estimate of drug-likeness (QED) is 0.289. The van der Waals surface area contributed by atoms with Gasteiger partial charge in [-0.25, -0.2) is 4.98 Å². The number of fused-ring (bicyclic) bond motifs is 1. The normalized spacial score (nSPS) is 10.8. The van der Waals surface area contributed by atoms with Crippen LogP contribution in [0.3, 0.4) is 0 Å². The largest absolute Gasteiger partial charge is 0.322 e. The van der Waals surface area contributed by atoms with Gasteiger partial charge >= 0.3 is 0 Å². The van der Waals surface area contributed by atoms with E-state index in [1.807, 2.05) is 60.7 Å². The van der Waals surface area contributed by atoms with E-state index in [4.69, 9.17) is 28.2 Å². The molecule has 0 spiro atoms. The minimum Gasteiger partial charge on any atom is -0.322 e. The lowest BCUT2D eigenvalue weighted by Gasteiger charge is -2.12. The van der Waals surface area contributed by atoms with Gasteiger partial charge in [0.15, 0.2) is 0 Å². The predicted molar refractivity (Wildman–Crippen MR) is 137 cm³/mol. The first kappa shape index (κ1) is 21.2. The van der Waals surface area contributed by atoms with Crippen LogP contribution >= 0.6 is 23.2 Å². The lowest BCUT2D eigenvalue weighted by atomic mass is 9.98. The molecule has 0 aliphatic carbocycles. The summed E-state index contributed by atoms with van der Waals surface area (Å²) >= 11 is 12.5. The second kappa shape index (κ2) is 9.07. The van der Waals surface area contributed by atoms with E-state index in [9.17, 15) is 4.79 Å². The van der Waals surface area contributed by atoms with Crippen molar-refractivity contribution in [1.29, 1.82) is 0 Å². The number of nitrogens with zero attached hydrogens (tertiary/aromatic N) is 1. The fourth-order valence-electron chi connectivity index (χ4n) is 3.80. The number of nitrogens with one attached hydrogen (secondary N) is 1. The topological polar surface area (TPSA) is 42.0 Å². The molecular formula is C28H18Cl2N2O. The number of rotatable bonds is 4. The van der Waals surface area contributed by atoms with Crippen LogP contribution in [-0.2, 0) is 0 Å². The third-order valence-electron chi connectivity index (χ3n) is 5.39. The highest BCUT2D eigenvalue weighted by Gasteiger charge is 2.13. The molecule has 1 aromatic heterocycles. The number of benzene rings is 4. The third-order valence-corrected chi connectivity index (χ3v) is 5.95. The Labute approximate surface area is 201 Å². The molecule has 0 fully saturated rings. The summed E-state index contributed by atoms with van der Waals surface area (Å²) in [5.74, 6) is -0.260. The summed E-state index contributed by atoms with van der Waals surface area (Å²) in [4.78, 5) is 17.6. The Morgan fingerprint density at radius 2 is 1.48 bits per heavy atom. The van der Waals surface area contributed by atoms with Gasteiger partial charge in [0.25, 0.3) is 5.91 Å². The Bertz CT molecular complexity index is 1480. The first-order valence-corrected chi connectivity index (χ1v) is 11.2. The summed E-state index contributed by atoms with van der Waals surface area (Å²) in [7, 11) is 0. The highest BCUT2D eigenvalue weighted by Crippen LogP contribution is 2.34. The van der Waals surface area contributed by atoms with E-state index >= 15 is 0 Å². The number of amides is 1. The molecule has 0 aliphatic heterocycles. The van der Waals surface area contributed by atoms with Gasteiger partial charge in [0, 0.05) is 21.7 Å². The van der Waals surface area contributed by atoms with Gasteiger partial charge in [-0.1, -0.05) is 77.8 Å². The van der Waals surface area contributed by atoms with Crippen LogP contribution in [0.5, 0.6) is 0 Å². The van der Waals surface area contributed by atoms with Crippen LogP contribution in [0.25, 0.3) is 33.3 Å². The van der Waals surface area contributed by atoms with Crippen molar-refractivity contribution < 1.29 is 4.79 Å². The van der Waals surface area contributed by atoms with E-state index < -0.39 is 0 Å². The van der Waals surface area contributed by atoms with Gasteiger partial charge in [0.1, 0.15) is 0 Å². The van der Waals surface area contributed by atoms with Crippen molar-refractivity contribution >= 4 is 45.7 Å². The van der Waals surface area contributed by atoms with Crippen LogP contribution in [0.2, 0.25) is 10.0 Å². The maximum atomic E-state index is 12.7. The Morgan fingerprint density at radius 1 is 0.727 bits per heavy atom. The number of hydrogen-bond acceptors (Lipinski definition) is 2. The third kappa shape index (κ3) is 4.47. The van der Waals surface area contributed by atoms with Crippen molar-refractivity contribution in [3.05, 3.63) is 119 Å². The van der Waals surface area contributed by atoms with Crippen LogP contribution in [0, 0.1) is 0 Å². The molecule has 1 amide bonds. The van der Waals surface area contributed by atoms with Gasteiger partial charge in [-0.3, -0.25) is 4.79 Å².